The summed E-state index contributed by atoms with van der Waals surface area (Å²) in [6.45, 7) is 3.27. The molecule has 0 spiro atoms. The smallest absolute Gasteiger partial charge is 0.181 e. The van der Waals surface area contributed by atoms with Crippen molar-refractivity contribution in [1.82, 2.24) is 15.3 Å². The number of Topliss-reactive ketones (excluding diaryl/α,β-unsaturated/α-hetero) is 1. The third-order valence-corrected chi connectivity index (χ3v) is 6.32. The second-order valence-corrected chi connectivity index (χ2v) is 8.75. The van der Waals surface area contributed by atoms with E-state index in [4.69, 9.17) is 16.3 Å². The molecule has 4 rings (SSSR count). The molecule has 31 heavy (non-hydrogen) atoms. The molecule has 0 bridgehead atoms. The molecule has 6 nitrogen and oxygen atoms in total. The largest absolute Gasteiger partial charge is 0.381 e. The van der Waals surface area contributed by atoms with Crippen LogP contribution in [0, 0.1) is 5.92 Å². The molecule has 0 radical (unpaired) electrons. The Hall–Kier alpha value is -2.09. The fourth-order valence-corrected chi connectivity index (χ4v) is 4.29. The maximum atomic E-state index is 15.0. The van der Waals surface area contributed by atoms with Gasteiger partial charge in [-0.05, 0) is 56.3 Å². The van der Waals surface area contributed by atoms with Crippen molar-refractivity contribution in [3.8, 4) is 11.3 Å². The van der Waals surface area contributed by atoms with E-state index in [2.05, 4.69) is 20.6 Å². The SMILES string of the molecule is O=C(Cc1cc(-c2cccc(NCC3CCOCC3)n2)c(Cl)cn1)C1(F)CCCNC1. The third-order valence-electron chi connectivity index (χ3n) is 6.02. The summed E-state index contributed by atoms with van der Waals surface area (Å²) in [4.78, 5) is 21.5. The number of alkyl halides is 1. The van der Waals surface area contributed by atoms with Gasteiger partial charge < -0.3 is 15.4 Å². The van der Waals surface area contributed by atoms with Gasteiger partial charge in [-0.3, -0.25) is 9.78 Å². The molecule has 0 aromatic carbocycles. The first kappa shape index (κ1) is 22.1. The molecular formula is C23H28ClFN4O2. The summed E-state index contributed by atoms with van der Waals surface area (Å²) in [6, 6.07) is 7.45. The van der Waals surface area contributed by atoms with Crippen LogP contribution in [0.2, 0.25) is 5.02 Å². The van der Waals surface area contributed by atoms with Crippen LogP contribution in [-0.2, 0) is 16.0 Å². The van der Waals surface area contributed by atoms with E-state index in [1.54, 1.807) is 6.07 Å². The van der Waals surface area contributed by atoms with Crippen molar-refractivity contribution in [2.24, 2.45) is 5.92 Å². The highest BCUT2D eigenvalue weighted by atomic mass is 35.5. The molecule has 0 aliphatic carbocycles. The normalized spacial score (nSPS) is 22.3. The number of rotatable bonds is 7. The molecule has 4 heterocycles. The van der Waals surface area contributed by atoms with Gasteiger partial charge in [0.25, 0.3) is 0 Å². The monoisotopic (exact) mass is 446 g/mol. The predicted octanol–water partition coefficient (Wildman–Crippen LogP) is 3.84. The van der Waals surface area contributed by atoms with Gasteiger partial charge in [-0.25, -0.2) is 9.37 Å². The molecule has 2 aliphatic rings. The van der Waals surface area contributed by atoms with E-state index in [-0.39, 0.29) is 19.4 Å². The van der Waals surface area contributed by atoms with E-state index in [0.29, 0.717) is 34.3 Å². The standard InChI is InChI=1S/C23H28ClFN4O2/c24-19-14-27-17(12-21(30)23(25)7-2-8-26-15-23)11-18(19)20-3-1-4-22(29-20)28-13-16-5-9-31-10-6-16/h1,3-4,11,14,16,26H,2,5-10,12-13,15H2,(H,28,29). The molecule has 2 N–H and O–H groups in total. The topological polar surface area (TPSA) is 76.1 Å². The number of ether oxygens (including phenoxy) is 1. The van der Waals surface area contributed by atoms with Crippen molar-refractivity contribution >= 4 is 23.2 Å². The quantitative estimate of drug-likeness (QED) is 0.673. The van der Waals surface area contributed by atoms with Crippen LogP contribution in [0.3, 0.4) is 0 Å². The lowest BCUT2D eigenvalue weighted by Crippen LogP contribution is -2.48. The van der Waals surface area contributed by atoms with Crippen molar-refractivity contribution < 1.29 is 13.9 Å². The molecule has 8 heteroatoms. The number of carbonyl (C=O) groups is 1. The van der Waals surface area contributed by atoms with Gasteiger partial charge in [-0.1, -0.05) is 17.7 Å². The predicted molar refractivity (Wildman–Crippen MR) is 119 cm³/mol. The number of aromatic nitrogens is 2. The van der Waals surface area contributed by atoms with E-state index < -0.39 is 11.5 Å². The van der Waals surface area contributed by atoms with Crippen LogP contribution >= 0.6 is 11.6 Å². The highest BCUT2D eigenvalue weighted by molar-refractivity contribution is 6.33. The lowest BCUT2D eigenvalue weighted by molar-refractivity contribution is -0.131. The van der Waals surface area contributed by atoms with Crippen LogP contribution in [0.5, 0.6) is 0 Å². The Bertz CT molecular complexity index is 914. The van der Waals surface area contributed by atoms with Gasteiger partial charge in [0.1, 0.15) is 5.82 Å². The Morgan fingerprint density at radius 1 is 1.35 bits per heavy atom. The second-order valence-electron chi connectivity index (χ2n) is 8.35. The van der Waals surface area contributed by atoms with Crippen molar-refractivity contribution in [2.75, 3.05) is 38.2 Å². The molecule has 166 valence electrons. The molecule has 2 saturated heterocycles. The minimum Gasteiger partial charge on any atom is -0.381 e. The Kier molecular flexibility index (Phi) is 7.15. The van der Waals surface area contributed by atoms with Crippen LogP contribution in [-0.4, -0.2) is 54.3 Å². The number of piperidine rings is 1. The maximum Gasteiger partial charge on any atom is 0.181 e. The van der Waals surface area contributed by atoms with Crippen LogP contribution in [0.1, 0.15) is 31.4 Å². The van der Waals surface area contributed by atoms with E-state index in [9.17, 15) is 9.18 Å². The maximum absolute atomic E-state index is 15.0. The van der Waals surface area contributed by atoms with Crippen LogP contribution in [0.15, 0.2) is 30.5 Å². The molecular weight excluding hydrogens is 419 g/mol. The number of anilines is 1. The number of pyridine rings is 2. The first-order valence-corrected chi connectivity index (χ1v) is 11.3. The van der Waals surface area contributed by atoms with E-state index in [0.717, 1.165) is 45.0 Å². The number of ketones is 1. The summed E-state index contributed by atoms with van der Waals surface area (Å²) >= 11 is 6.39. The number of carbonyl (C=O) groups excluding carboxylic acids is 1. The highest BCUT2D eigenvalue weighted by Gasteiger charge is 2.39. The van der Waals surface area contributed by atoms with Crippen LogP contribution in [0.4, 0.5) is 10.2 Å². The zero-order valence-electron chi connectivity index (χ0n) is 17.5. The third kappa shape index (κ3) is 5.59. The van der Waals surface area contributed by atoms with Gasteiger partial charge in [0.05, 0.1) is 17.1 Å². The molecule has 0 saturated carbocycles. The first-order valence-electron chi connectivity index (χ1n) is 10.9. The van der Waals surface area contributed by atoms with E-state index in [1.807, 2.05) is 18.2 Å². The van der Waals surface area contributed by atoms with Crippen molar-refractivity contribution in [1.29, 1.82) is 0 Å². The molecule has 2 aliphatic heterocycles. The Morgan fingerprint density at radius 2 is 2.19 bits per heavy atom. The molecule has 2 fully saturated rings. The number of nitrogens with zero attached hydrogens (tertiary/aromatic N) is 2. The number of hydrogen-bond donors (Lipinski definition) is 2. The fourth-order valence-electron chi connectivity index (χ4n) is 4.09. The van der Waals surface area contributed by atoms with Gasteiger partial charge in [-0.2, -0.15) is 0 Å². The van der Waals surface area contributed by atoms with E-state index >= 15 is 0 Å². The lowest BCUT2D eigenvalue weighted by Gasteiger charge is -2.28. The minimum absolute atomic E-state index is 0.0642. The summed E-state index contributed by atoms with van der Waals surface area (Å²) in [7, 11) is 0. The Morgan fingerprint density at radius 3 is 2.97 bits per heavy atom. The van der Waals surface area contributed by atoms with E-state index in [1.165, 1.54) is 6.20 Å². The summed E-state index contributed by atoms with van der Waals surface area (Å²) in [5.41, 5.74) is 0.0389. The molecule has 2 aromatic rings. The Balaban J connectivity index is 1.47. The van der Waals surface area contributed by atoms with Crippen molar-refractivity contribution in [3.05, 3.63) is 41.2 Å². The zero-order chi connectivity index (χ0) is 21.7. The summed E-state index contributed by atoms with van der Waals surface area (Å²) in [5, 5.41) is 6.82. The fraction of sp³-hybridized carbons (Fsp3) is 0.522. The number of nitrogens with one attached hydrogen (secondary N) is 2. The van der Waals surface area contributed by atoms with Gasteiger partial charge in [0, 0.05) is 43.8 Å². The molecule has 1 atom stereocenters. The van der Waals surface area contributed by atoms with Crippen molar-refractivity contribution in [2.45, 2.75) is 37.8 Å². The average molecular weight is 447 g/mol. The summed E-state index contributed by atoms with van der Waals surface area (Å²) < 4.78 is 20.4. The number of hydrogen-bond acceptors (Lipinski definition) is 6. The molecule has 2 aromatic heterocycles. The molecule has 1 unspecified atom stereocenters. The van der Waals surface area contributed by atoms with Gasteiger partial charge in [0.2, 0.25) is 0 Å². The van der Waals surface area contributed by atoms with Gasteiger partial charge >= 0.3 is 0 Å². The number of halogens is 2. The first-order chi connectivity index (χ1) is 15.0. The average Bonchev–Trinajstić information content (AvgIpc) is 2.80. The van der Waals surface area contributed by atoms with Crippen molar-refractivity contribution in [3.63, 3.8) is 0 Å². The zero-order valence-corrected chi connectivity index (χ0v) is 18.3. The lowest BCUT2D eigenvalue weighted by atomic mass is 9.89. The van der Waals surface area contributed by atoms with Crippen LogP contribution in [0.25, 0.3) is 11.3 Å². The van der Waals surface area contributed by atoms with Crippen LogP contribution < -0.4 is 10.6 Å². The van der Waals surface area contributed by atoms with Gasteiger partial charge in [-0.15, -0.1) is 0 Å². The molecule has 0 amide bonds. The minimum atomic E-state index is -1.83. The Labute approximate surface area is 187 Å². The highest BCUT2D eigenvalue weighted by Crippen LogP contribution is 2.29. The van der Waals surface area contributed by atoms with Gasteiger partial charge in [0.15, 0.2) is 11.5 Å². The summed E-state index contributed by atoms with van der Waals surface area (Å²) in [5.74, 6) is 0.898. The summed E-state index contributed by atoms with van der Waals surface area (Å²) in [6.07, 6.45) is 4.44. The second kappa shape index (κ2) is 10.0.